The minimum atomic E-state index is -0.596. The monoisotopic (exact) mass is 263 g/mol. The van der Waals surface area contributed by atoms with Gasteiger partial charge in [0.25, 0.3) is 0 Å². The molecular weight excluding hydrogens is 250 g/mol. The molecule has 0 amide bonds. The van der Waals surface area contributed by atoms with Crippen molar-refractivity contribution >= 4 is 23.6 Å². The summed E-state index contributed by atoms with van der Waals surface area (Å²) in [6.07, 6.45) is 1.49. The molecule has 0 radical (unpaired) electrons. The van der Waals surface area contributed by atoms with Crippen LogP contribution in [0.2, 0.25) is 5.02 Å². The minimum Gasteiger partial charge on any atom is -0.461 e. The van der Waals surface area contributed by atoms with Gasteiger partial charge in [-0.05, 0) is 29.7 Å². The SMILES string of the molecule is CC(C)COC(=O)C(C#N)=Cc1ccc(Cl)cc1. The summed E-state index contributed by atoms with van der Waals surface area (Å²) in [5, 5.41) is 9.54. The molecule has 0 unspecified atom stereocenters. The van der Waals surface area contributed by atoms with Crippen LogP contribution in [-0.2, 0) is 9.53 Å². The molecule has 0 saturated heterocycles. The van der Waals surface area contributed by atoms with Gasteiger partial charge in [-0.2, -0.15) is 5.26 Å². The molecule has 0 heterocycles. The Bertz CT molecular complexity index is 484. The highest BCUT2D eigenvalue weighted by molar-refractivity contribution is 6.30. The van der Waals surface area contributed by atoms with Crippen LogP contribution in [0.5, 0.6) is 0 Å². The third-order valence-electron chi connectivity index (χ3n) is 2.07. The topological polar surface area (TPSA) is 50.1 Å². The van der Waals surface area contributed by atoms with E-state index in [2.05, 4.69) is 0 Å². The Morgan fingerprint density at radius 3 is 2.56 bits per heavy atom. The van der Waals surface area contributed by atoms with Crippen molar-refractivity contribution < 1.29 is 9.53 Å². The van der Waals surface area contributed by atoms with E-state index < -0.39 is 5.97 Å². The highest BCUT2D eigenvalue weighted by atomic mass is 35.5. The van der Waals surface area contributed by atoms with E-state index in [-0.39, 0.29) is 11.5 Å². The fourth-order valence-corrected chi connectivity index (χ4v) is 1.31. The number of rotatable bonds is 4. The van der Waals surface area contributed by atoms with Crippen molar-refractivity contribution in [2.45, 2.75) is 13.8 Å². The first kappa shape index (κ1) is 14.3. The molecule has 0 fully saturated rings. The van der Waals surface area contributed by atoms with E-state index in [9.17, 15) is 4.79 Å². The zero-order chi connectivity index (χ0) is 13.5. The number of halogens is 1. The average molecular weight is 264 g/mol. The molecule has 0 atom stereocenters. The molecule has 0 aromatic heterocycles. The van der Waals surface area contributed by atoms with Gasteiger partial charge in [0.2, 0.25) is 0 Å². The number of hydrogen-bond acceptors (Lipinski definition) is 3. The highest BCUT2D eigenvalue weighted by Crippen LogP contribution is 2.13. The van der Waals surface area contributed by atoms with Crippen LogP contribution in [-0.4, -0.2) is 12.6 Å². The quantitative estimate of drug-likeness (QED) is 0.475. The minimum absolute atomic E-state index is 0.0158. The highest BCUT2D eigenvalue weighted by Gasteiger charge is 2.11. The molecule has 1 aromatic carbocycles. The van der Waals surface area contributed by atoms with Gasteiger partial charge < -0.3 is 4.74 Å². The number of nitriles is 1. The second-order valence-corrected chi connectivity index (χ2v) is 4.65. The lowest BCUT2D eigenvalue weighted by Crippen LogP contribution is -2.11. The van der Waals surface area contributed by atoms with Gasteiger partial charge in [0, 0.05) is 5.02 Å². The lowest BCUT2D eigenvalue weighted by molar-refractivity contribution is -0.139. The number of ether oxygens (including phenoxy) is 1. The fraction of sp³-hybridized carbons (Fsp3) is 0.286. The Hall–Kier alpha value is -1.79. The number of esters is 1. The third-order valence-corrected chi connectivity index (χ3v) is 2.32. The average Bonchev–Trinajstić information content (AvgIpc) is 2.35. The molecule has 0 bridgehead atoms. The van der Waals surface area contributed by atoms with Crippen molar-refractivity contribution in [2.75, 3.05) is 6.61 Å². The van der Waals surface area contributed by atoms with Crippen LogP contribution < -0.4 is 0 Å². The van der Waals surface area contributed by atoms with Gasteiger partial charge in [-0.1, -0.05) is 37.6 Å². The standard InChI is InChI=1S/C14H14ClNO2/c1-10(2)9-18-14(17)12(8-16)7-11-3-5-13(15)6-4-11/h3-7,10H,9H2,1-2H3. The number of carbonyl (C=O) groups excluding carboxylic acids is 1. The maximum absolute atomic E-state index is 11.6. The largest absolute Gasteiger partial charge is 0.461 e. The molecular formula is C14H14ClNO2. The fourth-order valence-electron chi connectivity index (χ4n) is 1.18. The molecule has 3 nitrogen and oxygen atoms in total. The van der Waals surface area contributed by atoms with Gasteiger partial charge in [0.1, 0.15) is 11.6 Å². The van der Waals surface area contributed by atoms with Crippen molar-refractivity contribution in [2.24, 2.45) is 5.92 Å². The van der Waals surface area contributed by atoms with Crippen LogP contribution in [0, 0.1) is 17.2 Å². The van der Waals surface area contributed by atoms with Gasteiger partial charge in [0.05, 0.1) is 6.61 Å². The molecule has 0 spiro atoms. The summed E-state index contributed by atoms with van der Waals surface area (Å²) in [6, 6.07) is 8.70. The second-order valence-electron chi connectivity index (χ2n) is 4.21. The van der Waals surface area contributed by atoms with E-state index >= 15 is 0 Å². The van der Waals surface area contributed by atoms with E-state index in [1.165, 1.54) is 6.08 Å². The number of nitrogens with zero attached hydrogens (tertiary/aromatic N) is 1. The van der Waals surface area contributed by atoms with Crippen molar-refractivity contribution in [3.63, 3.8) is 0 Å². The van der Waals surface area contributed by atoms with Crippen LogP contribution in [0.3, 0.4) is 0 Å². The van der Waals surface area contributed by atoms with Crippen molar-refractivity contribution in [1.82, 2.24) is 0 Å². The van der Waals surface area contributed by atoms with Crippen LogP contribution in [0.15, 0.2) is 29.8 Å². The van der Waals surface area contributed by atoms with E-state index in [0.29, 0.717) is 11.6 Å². The Labute approximate surface area is 112 Å². The lowest BCUT2D eigenvalue weighted by Gasteiger charge is -2.06. The number of carbonyl (C=O) groups is 1. The van der Waals surface area contributed by atoms with Crippen LogP contribution >= 0.6 is 11.6 Å². The normalized spacial score (nSPS) is 11.2. The predicted molar refractivity (Wildman–Crippen MR) is 70.8 cm³/mol. The first-order valence-corrected chi connectivity index (χ1v) is 5.95. The van der Waals surface area contributed by atoms with Crippen molar-refractivity contribution in [3.8, 4) is 6.07 Å². The molecule has 18 heavy (non-hydrogen) atoms. The Morgan fingerprint density at radius 1 is 1.44 bits per heavy atom. The van der Waals surface area contributed by atoms with E-state index in [0.717, 1.165) is 5.56 Å². The van der Waals surface area contributed by atoms with Gasteiger partial charge in [-0.25, -0.2) is 4.79 Å². The van der Waals surface area contributed by atoms with Crippen molar-refractivity contribution in [1.29, 1.82) is 5.26 Å². The molecule has 94 valence electrons. The Balaban J connectivity index is 2.80. The predicted octanol–water partition coefficient (Wildman–Crippen LogP) is 3.45. The van der Waals surface area contributed by atoms with Crippen molar-refractivity contribution in [3.05, 3.63) is 40.4 Å². The number of benzene rings is 1. The second kappa shape index (κ2) is 6.83. The molecule has 0 N–H and O–H groups in total. The molecule has 1 rings (SSSR count). The summed E-state index contributed by atoms with van der Waals surface area (Å²) in [5.41, 5.74) is 0.718. The van der Waals surface area contributed by atoms with E-state index in [4.69, 9.17) is 21.6 Å². The van der Waals surface area contributed by atoms with Gasteiger partial charge in [-0.3, -0.25) is 0 Å². The zero-order valence-corrected chi connectivity index (χ0v) is 11.1. The first-order chi connectivity index (χ1) is 8.52. The van der Waals surface area contributed by atoms with E-state index in [1.54, 1.807) is 24.3 Å². The first-order valence-electron chi connectivity index (χ1n) is 5.57. The molecule has 0 aliphatic heterocycles. The molecule has 1 aromatic rings. The molecule has 0 aliphatic carbocycles. The van der Waals surface area contributed by atoms with Gasteiger partial charge in [-0.15, -0.1) is 0 Å². The van der Waals surface area contributed by atoms with Crippen LogP contribution in [0.25, 0.3) is 6.08 Å². The van der Waals surface area contributed by atoms with Gasteiger partial charge >= 0.3 is 5.97 Å². The summed E-state index contributed by atoms with van der Waals surface area (Å²) in [7, 11) is 0. The van der Waals surface area contributed by atoms with Gasteiger partial charge in [0.15, 0.2) is 0 Å². The third kappa shape index (κ3) is 4.60. The molecule has 0 saturated carbocycles. The maximum atomic E-state index is 11.6. The number of hydrogen-bond donors (Lipinski definition) is 0. The summed E-state index contributed by atoms with van der Waals surface area (Å²) >= 11 is 5.75. The molecule has 0 aliphatic rings. The maximum Gasteiger partial charge on any atom is 0.348 e. The lowest BCUT2D eigenvalue weighted by atomic mass is 10.1. The molecule has 4 heteroatoms. The summed E-state index contributed by atoms with van der Waals surface area (Å²) in [4.78, 5) is 11.6. The Morgan fingerprint density at radius 2 is 2.06 bits per heavy atom. The smallest absolute Gasteiger partial charge is 0.348 e. The van der Waals surface area contributed by atoms with E-state index in [1.807, 2.05) is 19.9 Å². The van der Waals surface area contributed by atoms with Crippen LogP contribution in [0.1, 0.15) is 19.4 Å². The Kier molecular flexibility index (Phi) is 5.41. The summed E-state index contributed by atoms with van der Waals surface area (Å²) < 4.78 is 5.00. The summed E-state index contributed by atoms with van der Waals surface area (Å²) in [6.45, 7) is 4.17. The summed E-state index contributed by atoms with van der Waals surface area (Å²) in [5.74, 6) is -0.356. The van der Waals surface area contributed by atoms with Crippen LogP contribution in [0.4, 0.5) is 0 Å². The zero-order valence-electron chi connectivity index (χ0n) is 10.3.